The van der Waals surface area contributed by atoms with Crippen molar-refractivity contribution >= 4 is 11.8 Å². The molecule has 1 aromatic rings. The third-order valence-electron chi connectivity index (χ3n) is 7.21. The first-order valence-corrected chi connectivity index (χ1v) is 11.2. The molecule has 1 spiro atoms. The van der Waals surface area contributed by atoms with Crippen LogP contribution in [0.25, 0.3) is 0 Å². The van der Waals surface area contributed by atoms with Gasteiger partial charge in [0.15, 0.2) is 0 Å². The van der Waals surface area contributed by atoms with E-state index in [2.05, 4.69) is 17.4 Å². The van der Waals surface area contributed by atoms with Gasteiger partial charge in [0.25, 0.3) is 0 Å². The van der Waals surface area contributed by atoms with Crippen molar-refractivity contribution in [3.05, 3.63) is 29.8 Å². The van der Waals surface area contributed by atoms with E-state index in [-0.39, 0.29) is 30.6 Å². The maximum atomic E-state index is 13.1. The zero-order valence-corrected chi connectivity index (χ0v) is 17.3. The highest BCUT2D eigenvalue weighted by Crippen LogP contribution is 2.39. The minimum Gasteiger partial charge on any atom is -0.493 e. The zero-order valence-electron chi connectivity index (χ0n) is 17.3. The molecule has 30 heavy (non-hydrogen) atoms. The Kier molecular flexibility index (Phi) is 5.41. The number of carbonyl (C=O) groups is 2. The van der Waals surface area contributed by atoms with E-state index in [0.717, 1.165) is 31.4 Å². The Bertz CT molecular complexity index is 807. The van der Waals surface area contributed by atoms with Crippen molar-refractivity contribution in [1.29, 1.82) is 0 Å². The molecule has 1 aliphatic carbocycles. The summed E-state index contributed by atoms with van der Waals surface area (Å²) in [7, 11) is 0. The second-order valence-electron chi connectivity index (χ2n) is 8.99. The van der Waals surface area contributed by atoms with Gasteiger partial charge in [-0.15, -0.1) is 0 Å². The summed E-state index contributed by atoms with van der Waals surface area (Å²) in [4.78, 5) is 27.0. The maximum absolute atomic E-state index is 13.1. The normalized spacial score (nSPS) is 34.7. The number of rotatable bonds is 0. The van der Waals surface area contributed by atoms with Crippen LogP contribution in [0.15, 0.2) is 24.3 Å². The Morgan fingerprint density at radius 3 is 2.77 bits per heavy atom. The lowest BCUT2D eigenvalue weighted by atomic mass is 9.82. The Morgan fingerprint density at radius 2 is 1.93 bits per heavy atom. The molecule has 1 aromatic carbocycles. The molecule has 0 radical (unpaired) electrons. The third kappa shape index (κ3) is 3.69. The second kappa shape index (κ2) is 8.19. The van der Waals surface area contributed by atoms with E-state index < -0.39 is 5.54 Å². The minimum absolute atomic E-state index is 0.0417. The second-order valence-corrected chi connectivity index (χ2v) is 8.99. The van der Waals surface area contributed by atoms with Gasteiger partial charge in [-0.2, -0.15) is 0 Å². The van der Waals surface area contributed by atoms with Gasteiger partial charge in [0, 0.05) is 6.54 Å². The summed E-state index contributed by atoms with van der Waals surface area (Å²) in [5.74, 6) is 1.30. The molecule has 6 rings (SSSR count). The zero-order chi connectivity index (χ0) is 20.6. The highest BCUT2D eigenvalue weighted by Gasteiger charge is 2.52. The summed E-state index contributed by atoms with van der Waals surface area (Å²) in [6.07, 6.45) is 5.32. The fourth-order valence-electron chi connectivity index (χ4n) is 5.59. The van der Waals surface area contributed by atoms with Crippen LogP contribution in [0, 0.1) is 0 Å². The van der Waals surface area contributed by atoms with Gasteiger partial charge in [0.1, 0.15) is 12.4 Å². The summed E-state index contributed by atoms with van der Waals surface area (Å²) >= 11 is 0. The molecule has 1 saturated carbocycles. The van der Waals surface area contributed by atoms with E-state index >= 15 is 0 Å². The Balaban J connectivity index is 1.40. The van der Waals surface area contributed by atoms with Crippen LogP contribution in [0.2, 0.25) is 0 Å². The van der Waals surface area contributed by atoms with E-state index in [9.17, 15) is 9.59 Å². The number of para-hydroxylation sites is 1. The minimum atomic E-state index is -0.549. The van der Waals surface area contributed by atoms with Crippen LogP contribution in [0.5, 0.6) is 5.75 Å². The number of nitrogens with zero attached hydrogens (tertiary/aromatic N) is 1. The molecule has 2 atom stereocenters. The number of ether oxygens (including phenoxy) is 3. The summed E-state index contributed by atoms with van der Waals surface area (Å²) in [6.45, 7) is 1.89. The maximum Gasteiger partial charge on any atom is 0.246 e. The number of benzene rings is 1. The molecule has 0 aromatic heterocycles. The van der Waals surface area contributed by atoms with Gasteiger partial charge in [-0.05, 0) is 49.7 Å². The van der Waals surface area contributed by atoms with Gasteiger partial charge in [-0.3, -0.25) is 9.59 Å². The highest BCUT2D eigenvalue weighted by atomic mass is 16.5. The first-order chi connectivity index (χ1) is 14.6. The van der Waals surface area contributed by atoms with Crippen LogP contribution in [0.1, 0.15) is 50.0 Å². The van der Waals surface area contributed by atoms with Crippen LogP contribution in [-0.2, 0) is 19.1 Å². The van der Waals surface area contributed by atoms with Gasteiger partial charge in [0.2, 0.25) is 11.8 Å². The number of nitrogens with one attached hydrogen (secondary N) is 1. The lowest BCUT2D eigenvalue weighted by Crippen LogP contribution is -2.65. The van der Waals surface area contributed by atoms with Crippen LogP contribution < -0.4 is 10.1 Å². The predicted molar refractivity (Wildman–Crippen MR) is 109 cm³/mol. The average molecular weight is 415 g/mol. The van der Waals surface area contributed by atoms with Crippen LogP contribution in [0.4, 0.5) is 0 Å². The smallest absolute Gasteiger partial charge is 0.246 e. The van der Waals surface area contributed by atoms with Crippen LogP contribution in [-0.4, -0.2) is 67.4 Å². The van der Waals surface area contributed by atoms with Gasteiger partial charge < -0.3 is 24.4 Å². The largest absolute Gasteiger partial charge is 0.493 e. The summed E-state index contributed by atoms with van der Waals surface area (Å²) < 4.78 is 18.0. The fraction of sp³-hybridized carbons (Fsp3) is 0.652. The predicted octanol–water partition coefficient (Wildman–Crippen LogP) is 2.00. The van der Waals surface area contributed by atoms with Gasteiger partial charge in [0.05, 0.1) is 43.9 Å². The fourth-order valence-corrected chi connectivity index (χ4v) is 5.59. The van der Waals surface area contributed by atoms with Gasteiger partial charge in [-0.25, -0.2) is 0 Å². The molecule has 2 amide bonds. The first kappa shape index (κ1) is 19.8. The lowest BCUT2D eigenvalue weighted by Gasteiger charge is -2.41. The van der Waals surface area contributed by atoms with E-state index in [0.29, 0.717) is 45.1 Å². The standard InChI is InChI=1S/C23H30N2O5/c26-21-14-28-15-23(24-21)10-11-25-20(23)13-30-17-7-5-16(6-8-17)18-3-1-2-4-19(18)29-12-9-22(25)27/h1-4,16-17,20H,5-15H2,(H,24,26)/t16?,17?,20-,23+/m0/s1. The molecule has 1 N–H and O–H groups in total. The number of carbonyl (C=O) groups excluding carboxylic acids is 2. The Hall–Kier alpha value is -2.12. The summed E-state index contributed by atoms with van der Waals surface area (Å²) in [5, 5.41) is 3.13. The van der Waals surface area contributed by atoms with E-state index in [1.807, 2.05) is 17.0 Å². The Morgan fingerprint density at radius 1 is 1.10 bits per heavy atom. The number of hydrogen-bond acceptors (Lipinski definition) is 5. The number of fused-ring (bicyclic) bond motifs is 6. The molecule has 4 aliphatic heterocycles. The summed E-state index contributed by atoms with van der Waals surface area (Å²) in [6, 6.07) is 8.01. The molecule has 5 aliphatic rings. The quantitative estimate of drug-likeness (QED) is 0.703. The molecule has 2 saturated heterocycles. The van der Waals surface area contributed by atoms with Crippen molar-refractivity contribution < 1.29 is 23.8 Å². The number of hydrogen-bond donors (Lipinski definition) is 1. The van der Waals surface area contributed by atoms with Crippen molar-refractivity contribution in [1.82, 2.24) is 10.2 Å². The van der Waals surface area contributed by atoms with Crippen LogP contribution in [0.3, 0.4) is 0 Å². The summed E-state index contributed by atoms with van der Waals surface area (Å²) in [5.41, 5.74) is 0.702. The van der Waals surface area contributed by atoms with E-state index in [1.165, 1.54) is 5.56 Å². The number of amides is 2. The topological polar surface area (TPSA) is 77.1 Å². The van der Waals surface area contributed by atoms with Crippen LogP contribution >= 0.6 is 0 Å². The monoisotopic (exact) mass is 414 g/mol. The molecule has 0 unspecified atom stereocenters. The molecule has 7 nitrogen and oxygen atoms in total. The molecular weight excluding hydrogens is 384 g/mol. The highest BCUT2D eigenvalue weighted by molar-refractivity contribution is 5.80. The average Bonchev–Trinajstić information content (AvgIpc) is 3.09. The van der Waals surface area contributed by atoms with E-state index in [1.54, 1.807) is 0 Å². The Labute approximate surface area is 177 Å². The number of morpholine rings is 1. The molecule has 2 bridgehead atoms. The third-order valence-corrected chi connectivity index (χ3v) is 7.21. The van der Waals surface area contributed by atoms with Crippen molar-refractivity contribution in [2.24, 2.45) is 0 Å². The van der Waals surface area contributed by atoms with Crippen molar-refractivity contribution in [2.45, 2.75) is 62.1 Å². The molecule has 3 fully saturated rings. The van der Waals surface area contributed by atoms with E-state index in [4.69, 9.17) is 14.2 Å². The SMILES string of the molecule is O=C1COC[C@@]2(CCN3C(=O)CCOc4ccccc4C4CCC(CC4)OC[C@H]32)N1. The molecular formula is C23H30N2O5. The molecule has 4 heterocycles. The van der Waals surface area contributed by atoms with Crippen molar-refractivity contribution in [3.63, 3.8) is 0 Å². The van der Waals surface area contributed by atoms with Gasteiger partial charge >= 0.3 is 0 Å². The van der Waals surface area contributed by atoms with Crippen molar-refractivity contribution in [3.8, 4) is 5.75 Å². The van der Waals surface area contributed by atoms with Crippen molar-refractivity contribution in [2.75, 3.05) is 33.0 Å². The molecule has 7 heteroatoms. The molecule has 162 valence electrons. The lowest BCUT2D eigenvalue weighted by molar-refractivity contribution is -0.143. The first-order valence-electron chi connectivity index (χ1n) is 11.2. The van der Waals surface area contributed by atoms with Gasteiger partial charge in [-0.1, -0.05) is 18.2 Å².